The lowest BCUT2D eigenvalue weighted by Crippen LogP contribution is -2.28. The molecule has 7 nitrogen and oxygen atoms in total. The third-order valence-electron chi connectivity index (χ3n) is 4.16. The number of rotatable bonds is 9. The summed E-state index contributed by atoms with van der Waals surface area (Å²) in [6, 6.07) is 16.5. The highest BCUT2D eigenvalue weighted by Gasteiger charge is 2.10. The van der Waals surface area contributed by atoms with Gasteiger partial charge in [-0.15, -0.1) is 0 Å². The fraction of sp³-hybridized carbons (Fsp3) is 0.182. The molecule has 31 heavy (non-hydrogen) atoms. The minimum Gasteiger partial charge on any atom is -0.355 e. The molecule has 2 aromatic carbocycles. The Balaban J connectivity index is 1.48. The van der Waals surface area contributed by atoms with Crippen LogP contribution in [0.4, 0.5) is 10.1 Å². The molecule has 0 atom stereocenters. The second kappa shape index (κ2) is 11.1. The zero-order valence-electron chi connectivity index (χ0n) is 16.6. The predicted molar refractivity (Wildman–Crippen MR) is 117 cm³/mol. The van der Waals surface area contributed by atoms with Crippen LogP contribution in [0.2, 0.25) is 0 Å². The van der Waals surface area contributed by atoms with Crippen LogP contribution in [-0.2, 0) is 22.4 Å². The minimum atomic E-state index is -0.400. The number of thioether (sulfide) groups is 1. The van der Waals surface area contributed by atoms with E-state index >= 15 is 0 Å². The van der Waals surface area contributed by atoms with Gasteiger partial charge in [-0.1, -0.05) is 42.1 Å². The van der Waals surface area contributed by atoms with Crippen LogP contribution >= 0.6 is 11.8 Å². The molecule has 0 aliphatic carbocycles. The summed E-state index contributed by atoms with van der Waals surface area (Å²) < 4.78 is 12.9. The highest BCUT2D eigenvalue weighted by atomic mass is 32.2. The van der Waals surface area contributed by atoms with Gasteiger partial charge in [0.1, 0.15) is 5.82 Å². The maximum atomic E-state index is 12.9. The Morgan fingerprint density at radius 1 is 1.03 bits per heavy atom. The largest absolute Gasteiger partial charge is 0.355 e. The number of carbonyl (C=O) groups is 2. The number of hydrogen-bond acceptors (Lipinski definition) is 5. The number of benzene rings is 2. The van der Waals surface area contributed by atoms with Gasteiger partial charge in [0.15, 0.2) is 5.16 Å². The van der Waals surface area contributed by atoms with Crippen LogP contribution < -0.4 is 16.2 Å². The molecule has 3 rings (SSSR count). The van der Waals surface area contributed by atoms with E-state index in [0.29, 0.717) is 24.3 Å². The average Bonchev–Trinajstić information content (AvgIpc) is 2.74. The van der Waals surface area contributed by atoms with Crippen molar-refractivity contribution in [2.45, 2.75) is 18.0 Å². The Morgan fingerprint density at radius 2 is 1.77 bits per heavy atom. The zero-order valence-corrected chi connectivity index (χ0v) is 17.4. The van der Waals surface area contributed by atoms with E-state index in [9.17, 15) is 18.8 Å². The molecular formula is C22H21FN4O3S. The molecule has 160 valence electrons. The standard InChI is InChI=1S/C22H21FN4O3S/c23-16-6-8-17(9-7-16)25-21(30)14-31-22-26-18(13-20(29)27-22)12-19(28)24-11-10-15-4-2-1-3-5-15/h1-9,13H,10-12,14H2,(H,24,28)(H,25,30)(H,26,27,29). The van der Waals surface area contributed by atoms with Crippen molar-refractivity contribution in [2.24, 2.45) is 0 Å². The quantitative estimate of drug-likeness (QED) is 0.350. The molecule has 9 heteroatoms. The second-order valence-electron chi connectivity index (χ2n) is 6.65. The Bertz CT molecular complexity index is 1090. The SMILES string of the molecule is O=C(Cc1cc(=O)[nH]c(SCC(=O)Nc2ccc(F)cc2)n1)NCCc1ccccc1. The van der Waals surface area contributed by atoms with Gasteiger partial charge >= 0.3 is 0 Å². The highest BCUT2D eigenvalue weighted by Crippen LogP contribution is 2.13. The lowest BCUT2D eigenvalue weighted by atomic mass is 10.1. The molecule has 3 N–H and O–H groups in total. The van der Waals surface area contributed by atoms with Gasteiger partial charge in [-0.3, -0.25) is 14.4 Å². The maximum Gasteiger partial charge on any atom is 0.251 e. The van der Waals surface area contributed by atoms with Crippen molar-refractivity contribution in [3.05, 3.63) is 88.1 Å². The molecule has 0 bridgehead atoms. The number of nitrogens with one attached hydrogen (secondary N) is 3. The summed E-state index contributed by atoms with van der Waals surface area (Å²) in [5.41, 5.74) is 1.51. The molecule has 0 spiro atoms. The van der Waals surface area contributed by atoms with Gasteiger partial charge in [0.2, 0.25) is 11.8 Å². The molecule has 1 aromatic heterocycles. The van der Waals surface area contributed by atoms with Crippen molar-refractivity contribution in [2.75, 3.05) is 17.6 Å². The molecule has 0 saturated carbocycles. The number of hydrogen-bond donors (Lipinski definition) is 3. The average molecular weight is 441 g/mol. The summed E-state index contributed by atoms with van der Waals surface area (Å²) in [6.45, 7) is 0.483. The third kappa shape index (κ3) is 7.71. The van der Waals surface area contributed by atoms with E-state index < -0.39 is 11.4 Å². The monoisotopic (exact) mass is 440 g/mol. The molecule has 0 aliphatic heterocycles. The first kappa shape index (κ1) is 22.2. The van der Waals surface area contributed by atoms with Crippen molar-refractivity contribution < 1.29 is 14.0 Å². The summed E-state index contributed by atoms with van der Waals surface area (Å²) in [4.78, 5) is 42.9. The predicted octanol–water partition coefficient (Wildman–Crippen LogP) is 2.54. The first-order chi connectivity index (χ1) is 15.0. The zero-order chi connectivity index (χ0) is 22.1. The smallest absolute Gasteiger partial charge is 0.251 e. The number of halogens is 1. The van der Waals surface area contributed by atoms with Crippen LogP contribution in [0.3, 0.4) is 0 Å². The van der Waals surface area contributed by atoms with Gasteiger partial charge in [-0.25, -0.2) is 9.37 Å². The number of aromatic amines is 1. The van der Waals surface area contributed by atoms with Crippen LogP contribution in [0.5, 0.6) is 0 Å². The lowest BCUT2D eigenvalue weighted by molar-refractivity contribution is -0.120. The van der Waals surface area contributed by atoms with E-state index in [1.165, 1.54) is 30.3 Å². The van der Waals surface area contributed by atoms with Gasteiger partial charge in [0.05, 0.1) is 17.9 Å². The van der Waals surface area contributed by atoms with Crippen LogP contribution in [0.15, 0.2) is 70.6 Å². The molecular weight excluding hydrogens is 419 g/mol. The summed E-state index contributed by atoms with van der Waals surface area (Å²) in [6.07, 6.45) is 0.674. The van der Waals surface area contributed by atoms with Crippen molar-refractivity contribution in [1.82, 2.24) is 15.3 Å². The van der Waals surface area contributed by atoms with Crippen LogP contribution in [0.1, 0.15) is 11.3 Å². The van der Waals surface area contributed by atoms with E-state index in [1.54, 1.807) is 0 Å². The van der Waals surface area contributed by atoms with E-state index in [0.717, 1.165) is 17.3 Å². The molecule has 0 unspecified atom stereocenters. The van der Waals surface area contributed by atoms with Gasteiger partial charge in [-0.2, -0.15) is 0 Å². The number of aromatic nitrogens is 2. The lowest BCUT2D eigenvalue weighted by Gasteiger charge is -2.07. The fourth-order valence-electron chi connectivity index (χ4n) is 2.72. The number of nitrogens with zero attached hydrogens (tertiary/aromatic N) is 1. The summed E-state index contributed by atoms with van der Waals surface area (Å²) in [7, 11) is 0. The Morgan fingerprint density at radius 3 is 2.52 bits per heavy atom. The summed E-state index contributed by atoms with van der Waals surface area (Å²) in [5.74, 6) is -0.968. The topological polar surface area (TPSA) is 104 Å². The summed E-state index contributed by atoms with van der Waals surface area (Å²) in [5, 5.41) is 5.68. The second-order valence-corrected chi connectivity index (χ2v) is 7.61. The maximum absolute atomic E-state index is 12.9. The Labute approximate surface area is 182 Å². The van der Waals surface area contributed by atoms with Crippen LogP contribution in [0, 0.1) is 5.82 Å². The molecule has 0 aliphatic rings. The molecule has 0 fully saturated rings. The number of anilines is 1. The summed E-state index contributed by atoms with van der Waals surface area (Å²) >= 11 is 1.04. The van der Waals surface area contributed by atoms with Crippen LogP contribution in [0.25, 0.3) is 0 Å². The fourth-order valence-corrected chi connectivity index (χ4v) is 3.42. The van der Waals surface area contributed by atoms with E-state index in [-0.39, 0.29) is 29.1 Å². The van der Waals surface area contributed by atoms with Gasteiger partial charge in [-0.05, 0) is 36.2 Å². The van der Waals surface area contributed by atoms with Crippen molar-refractivity contribution in [1.29, 1.82) is 0 Å². The highest BCUT2D eigenvalue weighted by molar-refractivity contribution is 7.99. The molecule has 3 aromatic rings. The number of H-pyrrole nitrogens is 1. The number of carbonyl (C=O) groups excluding carboxylic acids is 2. The van der Waals surface area contributed by atoms with Gasteiger partial charge in [0.25, 0.3) is 5.56 Å². The Kier molecular flexibility index (Phi) is 7.94. The molecule has 2 amide bonds. The van der Waals surface area contributed by atoms with Gasteiger partial charge in [0, 0.05) is 18.3 Å². The molecule has 1 heterocycles. The molecule has 0 saturated heterocycles. The normalized spacial score (nSPS) is 10.5. The minimum absolute atomic E-state index is 0.00690. The van der Waals surface area contributed by atoms with Crippen molar-refractivity contribution in [3.8, 4) is 0 Å². The molecule has 0 radical (unpaired) electrons. The van der Waals surface area contributed by atoms with E-state index in [4.69, 9.17) is 0 Å². The third-order valence-corrected chi connectivity index (χ3v) is 5.03. The van der Waals surface area contributed by atoms with Crippen LogP contribution in [-0.4, -0.2) is 34.1 Å². The first-order valence-electron chi connectivity index (χ1n) is 9.57. The van der Waals surface area contributed by atoms with E-state index in [2.05, 4.69) is 20.6 Å². The van der Waals surface area contributed by atoms with Gasteiger partial charge < -0.3 is 15.6 Å². The van der Waals surface area contributed by atoms with Crippen molar-refractivity contribution >= 4 is 29.3 Å². The first-order valence-corrected chi connectivity index (χ1v) is 10.6. The number of amides is 2. The Hall–Kier alpha value is -3.46. The van der Waals surface area contributed by atoms with E-state index in [1.807, 2.05) is 30.3 Å². The van der Waals surface area contributed by atoms with Crippen molar-refractivity contribution in [3.63, 3.8) is 0 Å².